The van der Waals surface area contributed by atoms with Gasteiger partial charge in [-0.1, -0.05) is 115 Å². The van der Waals surface area contributed by atoms with Crippen LogP contribution in [0.3, 0.4) is 0 Å². The molecule has 40 heavy (non-hydrogen) atoms. The first-order chi connectivity index (χ1) is 19.7. The van der Waals surface area contributed by atoms with Crippen LogP contribution in [0.5, 0.6) is 23.0 Å². The molecule has 5 rings (SSSR count). The fraction of sp³-hybridized carbons (Fsp3) is 0.111. The van der Waals surface area contributed by atoms with Gasteiger partial charge < -0.3 is 19.3 Å². The lowest BCUT2D eigenvalue weighted by atomic mass is 10.1. The SMILES string of the molecule is Oc1cc(OCc2ccccc2)cc(OCc2ccccc2)c1C/C=C/c1cccc(OCc2ccccc2)c1. The molecule has 0 saturated carbocycles. The fourth-order valence-electron chi connectivity index (χ4n) is 4.26. The lowest BCUT2D eigenvalue weighted by molar-refractivity contribution is 0.284. The second-order valence-electron chi connectivity index (χ2n) is 9.42. The average Bonchev–Trinajstić information content (AvgIpc) is 3.01. The van der Waals surface area contributed by atoms with E-state index in [4.69, 9.17) is 14.2 Å². The zero-order chi connectivity index (χ0) is 27.4. The molecule has 0 aliphatic rings. The van der Waals surface area contributed by atoms with Gasteiger partial charge >= 0.3 is 0 Å². The maximum Gasteiger partial charge on any atom is 0.130 e. The number of rotatable bonds is 12. The molecule has 0 spiro atoms. The molecular formula is C36H32O4. The van der Waals surface area contributed by atoms with Crippen molar-refractivity contribution in [1.82, 2.24) is 0 Å². The Hall–Kier alpha value is -4.96. The van der Waals surface area contributed by atoms with Gasteiger partial charge in [-0.3, -0.25) is 0 Å². The molecule has 0 radical (unpaired) electrons. The summed E-state index contributed by atoms with van der Waals surface area (Å²) < 4.78 is 18.2. The molecule has 0 fully saturated rings. The first kappa shape index (κ1) is 26.6. The first-order valence-corrected chi connectivity index (χ1v) is 13.4. The molecule has 5 aromatic carbocycles. The van der Waals surface area contributed by atoms with Crippen molar-refractivity contribution >= 4 is 6.08 Å². The fourth-order valence-corrected chi connectivity index (χ4v) is 4.26. The monoisotopic (exact) mass is 528 g/mol. The Labute approximate surface area is 235 Å². The summed E-state index contributed by atoms with van der Waals surface area (Å²) in [5.41, 5.74) is 4.94. The van der Waals surface area contributed by atoms with Gasteiger partial charge in [0.05, 0.1) is 0 Å². The number of phenolic OH excluding ortho intramolecular Hbond substituents is 1. The highest BCUT2D eigenvalue weighted by Crippen LogP contribution is 2.35. The molecule has 4 heteroatoms. The lowest BCUT2D eigenvalue weighted by Crippen LogP contribution is -2.01. The predicted octanol–water partition coefficient (Wildman–Crippen LogP) is 8.39. The third kappa shape index (κ3) is 7.78. The molecule has 4 nitrogen and oxygen atoms in total. The minimum Gasteiger partial charge on any atom is -0.507 e. The van der Waals surface area contributed by atoms with E-state index < -0.39 is 0 Å². The van der Waals surface area contributed by atoms with Gasteiger partial charge in [-0.2, -0.15) is 0 Å². The van der Waals surface area contributed by atoms with Crippen molar-refractivity contribution < 1.29 is 19.3 Å². The highest BCUT2D eigenvalue weighted by Gasteiger charge is 2.13. The number of hydrogen-bond donors (Lipinski definition) is 1. The third-order valence-corrected chi connectivity index (χ3v) is 6.38. The molecule has 0 unspecified atom stereocenters. The molecule has 0 atom stereocenters. The first-order valence-electron chi connectivity index (χ1n) is 13.4. The normalized spacial score (nSPS) is 10.9. The van der Waals surface area contributed by atoms with Gasteiger partial charge in [-0.25, -0.2) is 0 Å². The van der Waals surface area contributed by atoms with Crippen LogP contribution in [0.15, 0.2) is 133 Å². The Morgan fingerprint density at radius 2 is 1.07 bits per heavy atom. The third-order valence-electron chi connectivity index (χ3n) is 6.38. The largest absolute Gasteiger partial charge is 0.507 e. The zero-order valence-corrected chi connectivity index (χ0v) is 22.3. The standard InChI is InChI=1S/C36H32O4/c37-35-23-33(39-26-30-14-6-2-7-15-30)24-36(40-27-31-16-8-3-9-17-31)34(35)21-11-19-28-18-10-20-32(22-28)38-25-29-12-4-1-5-13-29/h1-20,22-24,37H,21,25-27H2/b19-11+. The topological polar surface area (TPSA) is 47.9 Å². The maximum atomic E-state index is 11.0. The second-order valence-corrected chi connectivity index (χ2v) is 9.42. The van der Waals surface area contributed by atoms with E-state index in [-0.39, 0.29) is 5.75 Å². The lowest BCUT2D eigenvalue weighted by Gasteiger charge is -2.15. The summed E-state index contributed by atoms with van der Waals surface area (Å²) in [6.45, 7) is 1.31. The van der Waals surface area contributed by atoms with Crippen LogP contribution in [-0.4, -0.2) is 5.11 Å². The number of benzene rings is 5. The van der Waals surface area contributed by atoms with Gasteiger partial charge in [0.2, 0.25) is 0 Å². The zero-order valence-electron chi connectivity index (χ0n) is 22.3. The quantitative estimate of drug-likeness (QED) is 0.177. The molecule has 0 amide bonds. The van der Waals surface area contributed by atoms with E-state index in [1.54, 1.807) is 6.07 Å². The van der Waals surface area contributed by atoms with Crippen molar-refractivity contribution in [1.29, 1.82) is 0 Å². The van der Waals surface area contributed by atoms with Crippen molar-refractivity contribution in [2.45, 2.75) is 26.2 Å². The van der Waals surface area contributed by atoms with Crippen LogP contribution in [0.25, 0.3) is 6.08 Å². The van der Waals surface area contributed by atoms with Gasteiger partial charge in [0.25, 0.3) is 0 Å². The smallest absolute Gasteiger partial charge is 0.130 e. The number of aromatic hydroxyl groups is 1. The summed E-state index contributed by atoms with van der Waals surface area (Å²) in [6.07, 6.45) is 4.53. The Balaban J connectivity index is 1.29. The Bertz CT molecular complexity index is 1510. The van der Waals surface area contributed by atoms with Crippen LogP contribution in [0.2, 0.25) is 0 Å². The van der Waals surface area contributed by atoms with Crippen molar-refractivity contribution in [2.24, 2.45) is 0 Å². The summed E-state index contributed by atoms with van der Waals surface area (Å²) in [6, 6.07) is 41.5. The summed E-state index contributed by atoms with van der Waals surface area (Å²) in [5, 5.41) is 11.0. The Morgan fingerprint density at radius 1 is 0.525 bits per heavy atom. The molecule has 0 aliphatic carbocycles. The van der Waals surface area contributed by atoms with Gasteiger partial charge in [-0.15, -0.1) is 0 Å². The minimum absolute atomic E-state index is 0.137. The van der Waals surface area contributed by atoms with Gasteiger partial charge in [0, 0.05) is 17.7 Å². The summed E-state index contributed by atoms with van der Waals surface area (Å²) in [4.78, 5) is 0. The van der Waals surface area contributed by atoms with Crippen molar-refractivity contribution in [3.8, 4) is 23.0 Å². The molecule has 5 aromatic rings. The number of allylic oxidation sites excluding steroid dienone is 1. The molecule has 0 aromatic heterocycles. The Morgan fingerprint density at radius 3 is 1.68 bits per heavy atom. The summed E-state index contributed by atoms with van der Waals surface area (Å²) >= 11 is 0. The molecule has 0 saturated heterocycles. The molecule has 0 aliphatic heterocycles. The second kappa shape index (κ2) is 13.7. The molecule has 200 valence electrons. The Kier molecular flexibility index (Phi) is 9.14. The van der Waals surface area contributed by atoms with Gasteiger partial charge in [0.15, 0.2) is 0 Å². The van der Waals surface area contributed by atoms with E-state index in [0.717, 1.165) is 28.0 Å². The van der Waals surface area contributed by atoms with E-state index >= 15 is 0 Å². The average molecular weight is 529 g/mol. The van der Waals surface area contributed by atoms with Gasteiger partial charge in [-0.05, 0) is 40.8 Å². The highest BCUT2D eigenvalue weighted by atomic mass is 16.5. The predicted molar refractivity (Wildman–Crippen MR) is 160 cm³/mol. The summed E-state index contributed by atoms with van der Waals surface area (Å²) in [7, 11) is 0. The van der Waals surface area contributed by atoms with Crippen LogP contribution in [-0.2, 0) is 26.2 Å². The molecule has 0 heterocycles. The minimum atomic E-state index is 0.137. The van der Waals surface area contributed by atoms with E-state index in [2.05, 4.69) is 0 Å². The highest BCUT2D eigenvalue weighted by molar-refractivity contribution is 5.55. The molecule has 0 bridgehead atoms. The summed E-state index contributed by atoms with van der Waals surface area (Å²) in [5.74, 6) is 2.09. The van der Waals surface area contributed by atoms with E-state index in [1.165, 1.54) is 0 Å². The van der Waals surface area contributed by atoms with Crippen molar-refractivity contribution in [3.63, 3.8) is 0 Å². The van der Waals surface area contributed by atoms with Crippen molar-refractivity contribution in [2.75, 3.05) is 0 Å². The number of ether oxygens (including phenoxy) is 3. The number of hydrogen-bond acceptors (Lipinski definition) is 4. The van der Waals surface area contributed by atoms with Crippen LogP contribution in [0.1, 0.15) is 27.8 Å². The van der Waals surface area contributed by atoms with Crippen LogP contribution < -0.4 is 14.2 Å². The van der Waals surface area contributed by atoms with E-state index in [1.807, 2.05) is 133 Å². The number of phenols is 1. The van der Waals surface area contributed by atoms with E-state index in [9.17, 15) is 5.11 Å². The van der Waals surface area contributed by atoms with Crippen LogP contribution in [0, 0.1) is 0 Å². The van der Waals surface area contributed by atoms with E-state index in [0.29, 0.717) is 43.3 Å². The maximum absolute atomic E-state index is 11.0. The van der Waals surface area contributed by atoms with Crippen molar-refractivity contribution in [3.05, 3.63) is 161 Å². The van der Waals surface area contributed by atoms with Gasteiger partial charge in [0.1, 0.15) is 42.8 Å². The van der Waals surface area contributed by atoms with Crippen LogP contribution in [0.4, 0.5) is 0 Å². The van der Waals surface area contributed by atoms with Crippen LogP contribution >= 0.6 is 0 Å². The molecular weight excluding hydrogens is 496 g/mol. The molecule has 1 N–H and O–H groups in total.